The first-order valence-corrected chi connectivity index (χ1v) is 14.5. The molecule has 1 rings (SSSR count). The van der Waals surface area contributed by atoms with Crippen molar-refractivity contribution in [3.05, 3.63) is 24.3 Å². The molecule has 0 aliphatic carbocycles. The maximum atomic E-state index is 11.9. The normalized spacial score (nSPS) is 9.25. The zero-order chi connectivity index (χ0) is 28.9. The molecule has 40 heavy (non-hydrogen) atoms. The van der Waals surface area contributed by atoms with Gasteiger partial charge in [0.15, 0.2) is 13.2 Å². The van der Waals surface area contributed by atoms with Gasteiger partial charge in [-0.3, -0.25) is 10.6 Å². The van der Waals surface area contributed by atoms with E-state index in [-0.39, 0.29) is 13.2 Å². The van der Waals surface area contributed by atoms with Gasteiger partial charge in [0.2, 0.25) is 0 Å². The summed E-state index contributed by atoms with van der Waals surface area (Å²) in [4.78, 5) is 23.8. The summed E-state index contributed by atoms with van der Waals surface area (Å²) in [6.07, 6.45) is 15.3. The van der Waals surface area contributed by atoms with Crippen LogP contribution in [0.2, 0.25) is 0 Å². The average molecular weight is 545 g/mol. The second kappa shape index (κ2) is 25.3. The predicted molar refractivity (Wildman–Crippen MR) is 163 cm³/mol. The van der Waals surface area contributed by atoms with E-state index >= 15 is 0 Å². The Morgan fingerprint density at radius 1 is 0.550 bits per heavy atom. The summed E-state index contributed by atoms with van der Waals surface area (Å²) in [5, 5.41) is 5.20. The first-order valence-electron chi connectivity index (χ1n) is 14.5. The number of benzene rings is 1. The highest BCUT2D eigenvalue weighted by molar-refractivity contribution is 5.87. The number of hydrogen-bond donors (Lipinski definition) is 2. The van der Waals surface area contributed by atoms with E-state index in [1.54, 1.807) is 24.3 Å². The zero-order valence-electron chi connectivity index (χ0n) is 24.3. The molecular weight excluding hydrogens is 500 g/mol. The molecule has 0 aromatic heterocycles. The summed E-state index contributed by atoms with van der Waals surface area (Å²) < 4.78 is 10.1. The van der Waals surface area contributed by atoms with E-state index in [0.29, 0.717) is 11.4 Å². The fraction of sp³-hybridized carbons (Fsp3) is 0.529. The standard InChI is InChI=1S/C34H44N2O4/c1-3-5-7-9-11-13-15-17-19-21-23-29-39-33(37)35-31-25-27-32(28-26-31)36-34(38)40-30-24-22-20-18-16-14-12-10-8-6-4-2/h25-28H,3-16,29-30H2,1-2H3,(H,35,37)(H,36,38). The molecule has 0 radical (unpaired) electrons. The lowest BCUT2D eigenvalue weighted by molar-refractivity contribution is 0.175. The molecule has 0 aliphatic heterocycles. The van der Waals surface area contributed by atoms with E-state index in [2.05, 4.69) is 71.8 Å². The first-order chi connectivity index (χ1) is 19.7. The third-order valence-corrected chi connectivity index (χ3v) is 5.72. The largest absolute Gasteiger partial charge is 0.436 e. The van der Waals surface area contributed by atoms with Crippen molar-refractivity contribution < 1.29 is 19.1 Å². The van der Waals surface area contributed by atoms with E-state index in [4.69, 9.17) is 9.47 Å². The van der Waals surface area contributed by atoms with Crippen molar-refractivity contribution in [3.8, 4) is 47.4 Å². The number of carbonyl (C=O) groups is 2. The topological polar surface area (TPSA) is 76.7 Å². The van der Waals surface area contributed by atoms with Gasteiger partial charge in [0, 0.05) is 24.2 Å². The van der Waals surface area contributed by atoms with E-state index < -0.39 is 12.2 Å². The van der Waals surface area contributed by atoms with Crippen LogP contribution in [0.1, 0.15) is 104 Å². The third-order valence-electron chi connectivity index (χ3n) is 5.72. The highest BCUT2D eigenvalue weighted by Gasteiger charge is 2.04. The molecule has 6 nitrogen and oxygen atoms in total. The van der Waals surface area contributed by atoms with E-state index in [1.807, 2.05) is 0 Å². The number of rotatable bonds is 16. The molecule has 214 valence electrons. The Morgan fingerprint density at radius 3 is 1.30 bits per heavy atom. The van der Waals surface area contributed by atoms with Crippen molar-refractivity contribution in [2.24, 2.45) is 0 Å². The van der Waals surface area contributed by atoms with Crippen LogP contribution in [0.25, 0.3) is 0 Å². The van der Waals surface area contributed by atoms with Crippen LogP contribution in [-0.4, -0.2) is 25.4 Å². The lowest BCUT2D eigenvalue weighted by Gasteiger charge is -2.07. The maximum absolute atomic E-state index is 11.9. The highest BCUT2D eigenvalue weighted by Crippen LogP contribution is 2.14. The molecule has 2 amide bonds. The van der Waals surface area contributed by atoms with Gasteiger partial charge in [-0.2, -0.15) is 0 Å². The minimum Gasteiger partial charge on any atom is -0.436 e. The quantitative estimate of drug-likeness (QED) is 0.162. The summed E-state index contributed by atoms with van der Waals surface area (Å²) in [5.74, 6) is 22.4. The number of amides is 2. The van der Waals surface area contributed by atoms with Crippen molar-refractivity contribution in [1.82, 2.24) is 0 Å². The van der Waals surface area contributed by atoms with Crippen LogP contribution in [0.4, 0.5) is 21.0 Å². The zero-order valence-corrected chi connectivity index (χ0v) is 24.3. The van der Waals surface area contributed by atoms with Crippen molar-refractivity contribution in [2.75, 3.05) is 23.8 Å². The molecule has 0 saturated heterocycles. The number of nitrogens with one attached hydrogen (secondary N) is 2. The van der Waals surface area contributed by atoms with Gasteiger partial charge in [-0.15, -0.1) is 0 Å². The van der Waals surface area contributed by atoms with E-state index in [0.717, 1.165) is 25.7 Å². The Bertz CT molecular complexity index is 1010. The van der Waals surface area contributed by atoms with Crippen LogP contribution < -0.4 is 10.6 Å². The first kappa shape index (κ1) is 34.0. The predicted octanol–water partition coefficient (Wildman–Crippen LogP) is 8.30. The average Bonchev–Trinajstić information content (AvgIpc) is 2.95. The molecule has 1 aromatic rings. The van der Waals surface area contributed by atoms with Crippen molar-refractivity contribution in [3.63, 3.8) is 0 Å². The van der Waals surface area contributed by atoms with Crippen LogP contribution in [0, 0.1) is 47.4 Å². The molecule has 0 spiro atoms. The van der Waals surface area contributed by atoms with Gasteiger partial charge >= 0.3 is 12.2 Å². The Kier molecular flexibility index (Phi) is 21.5. The van der Waals surface area contributed by atoms with Crippen LogP contribution >= 0.6 is 0 Å². The molecule has 0 unspecified atom stereocenters. The van der Waals surface area contributed by atoms with Gasteiger partial charge in [-0.05, 0) is 72.6 Å². The molecule has 0 aliphatic rings. The SMILES string of the molecule is CCCCCCCCC#CC#CCOC(=O)Nc1ccc(NC(=O)OCC#CC#CCCCCCCCC)cc1. The van der Waals surface area contributed by atoms with Crippen LogP contribution in [0.3, 0.4) is 0 Å². The smallest absolute Gasteiger partial charge is 0.412 e. The van der Waals surface area contributed by atoms with Gasteiger partial charge in [-0.1, -0.05) is 89.9 Å². The molecule has 0 atom stereocenters. The second-order valence-electron chi connectivity index (χ2n) is 9.22. The van der Waals surface area contributed by atoms with Gasteiger partial charge in [0.25, 0.3) is 0 Å². The summed E-state index contributed by atoms with van der Waals surface area (Å²) >= 11 is 0. The summed E-state index contributed by atoms with van der Waals surface area (Å²) in [7, 11) is 0. The van der Waals surface area contributed by atoms with Crippen molar-refractivity contribution >= 4 is 23.6 Å². The fourth-order valence-corrected chi connectivity index (χ4v) is 3.51. The summed E-state index contributed by atoms with van der Waals surface area (Å²) in [5.41, 5.74) is 1.03. The van der Waals surface area contributed by atoms with E-state index in [9.17, 15) is 9.59 Å². The van der Waals surface area contributed by atoms with E-state index in [1.165, 1.54) is 64.2 Å². The number of hydrogen-bond acceptors (Lipinski definition) is 4. The molecule has 1 aromatic carbocycles. The summed E-state index contributed by atoms with van der Waals surface area (Å²) in [6, 6.07) is 6.54. The Labute approximate surface area is 241 Å². The Morgan fingerprint density at radius 2 is 0.900 bits per heavy atom. The molecule has 6 heteroatoms. The number of carbonyl (C=O) groups excluding carboxylic acids is 2. The number of ether oxygens (including phenoxy) is 2. The van der Waals surface area contributed by atoms with Crippen LogP contribution in [-0.2, 0) is 9.47 Å². The molecule has 2 N–H and O–H groups in total. The van der Waals surface area contributed by atoms with Crippen molar-refractivity contribution in [2.45, 2.75) is 104 Å². The maximum Gasteiger partial charge on any atom is 0.412 e. The lowest BCUT2D eigenvalue weighted by atomic mass is 10.1. The number of anilines is 2. The van der Waals surface area contributed by atoms with Crippen molar-refractivity contribution in [1.29, 1.82) is 0 Å². The van der Waals surface area contributed by atoms with Crippen LogP contribution in [0.5, 0.6) is 0 Å². The molecule has 0 heterocycles. The Hall–Kier alpha value is -4.00. The Balaban J connectivity index is 2.18. The minimum absolute atomic E-state index is 0.0450. The van der Waals surface area contributed by atoms with Gasteiger partial charge in [-0.25, -0.2) is 9.59 Å². The fourth-order valence-electron chi connectivity index (χ4n) is 3.51. The molecule has 0 fully saturated rings. The summed E-state index contributed by atoms with van der Waals surface area (Å²) in [6.45, 7) is 4.33. The van der Waals surface area contributed by atoms with Gasteiger partial charge in [0.1, 0.15) is 0 Å². The monoisotopic (exact) mass is 544 g/mol. The van der Waals surface area contributed by atoms with Gasteiger partial charge < -0.3 is 9.47 Å². The minimum atomic E-state index is -0.622. The highest BCUT2D eigenvalue weighted by atomic mass is 16.6. The molecule has 0 saturated carbocycles. The van der Waals surface area contributed by atoms with Gasteiger partial charge in [0.05, 0.1) is 0 Å². The number of unbranched alkanes of at least 4 members (excludes halogenated alkanes) is 12. The second-order valence-corrected chi connectivity index (χ2v) is 9.22. The van der Waals surface area contributed by atoms with Crippen LogP contribution in [0.15, 0.2) is 24.3 Å². The third kappa shape index (κ3) is 21.0. The molecule has 0 bridgehead atoms. The lowest BCUT2D eigenvalue weighted by Crippen LogP contribution is -2.15. The molecular formula is C34H44N2O4.